The number of rotatable bonds is 5. The molecule has 0 radical (unpaired) electrons. The van der Waals surface area contributed by atoms with Crippen LogP contribution < -0.4 is 5.32 Å². The molecular weight excluding hydrogens is 222 g/mol. The van der Waals surface area contributed by atoms with Crippen LogP contribution in [0.4, 0.5) is 0 Å². The van der Waals surface area contributed by atoms with Crippen LogP contribution >= 0.6 is 22.9 Å². The molecule has 1 heterocycles. The van der Waals surface area contributed by atoms with Crippen LogP contribution in [-0.4, -0.2) is 18.9 Å². The molecule has 3 nitrogen and oxygen atoms in total. The van der Waals surface area contributed by atoms with Gasteiger partial charge in [-0.05, 0) is 17.0 Å². The predicted octanol–water partition coefficient (Wildman–Crippen LogP) is 1.75. The lowest BCUT2D eigenvalue weighted by atomic mass is 10.3. The Labute approximate surface area is 92.0 Å². The second kappa shape index (κ2) is 6.01. The van der Waals surface area contributed by atoms with Crippen molar-refractivity contribution in [3.05, 3.63) is 21.9 Å². The molecule has 0 aliphatic carbocycles. The van der Waals surface area contributed by atoms with E-state index in [2.05, 4.69) is 5.32 Å². The molecule has 1 amide bonds. The van der Waals surface area contributed by atoms with E-state index in [4.69, 9.17) is 16.3 Å². The maximum absolute atomic E-state index is 10.9. The van der Waals surface area contributed by atoms with Crippen LogP contribution in [0.25, 0.3) is 0 Å². The minimum atomic E-state index is -0.145. The first-order valence-electron chi connectivity index (χ1n) is 4.14. The minimum absolute atomic E-state index is 0.0102. The Morgan fingerprint density at radius 2 is 2.50 bits per heavy atom. The van der Waals surface area contributed by atoms with Gasteiger partial charge in [-0.25, -0.2) is 0 Å². The van der Waals surface area contributed by atoms with Crippen molar-refractivity contribution in [2.75, 3.05) is 13.0 Å². The van der Waals surface area contributed by atoms with Crippen LogP contribution in [0.5, 0.6) is 0 Å². The summed E-state index contributed by atoms with van der Waals surface area (Å²) in [4.78, 5) is 12.0. The largest absolute Gasteiger partial charge is 0.380 e. The summed E-state index contributed by atoms with van der Waals surface area (Å²) in [5, 5.41) is 4.72. The maximum atomic E-state index is 10.9. The molecule has 1 rings (SSSR count). The molecule has 5 heteroatoms. The summed E-state index contributed by atoms with van der Waals surface area (Å²) in [6.07, 6.45) is 0. The smallest absolute Gasteiger partial charge is 0.235 e. The summed E-state index contributed by atoms with van der Waals surface area (Å²) in [6.45, 7) is 1.15. The van der Waals surface area contributed by atoms with E-state index in [-0.39, 0.29) is 11.8 Å². The quantitative estimate of drug-likeness (QED) is 0.787. The highest BCUT2D eigenvalue weighted by molar-refractivity contribution is 7.10. The maximum Gasteiger partial charge on any atom is 0.235 e. The predicted molar refractivity (Wildman–Crippen MR) is 57.6 cm³/mol. The van der Waals surface area contributed by atoms with Crippen LogP contribution in [0.3, 0.4) is 0 Å². The lowest BCUT2D eigenvalue weighted by Gasteiger charge is -1.98. The lowest BCUT2D eigenvalue weighted by Crippen LogP contribution is -2.23. The highest BCUT2D eigenvalue weighted by Gasteiger charge is 2.01. The number of hydrogen-bond acceptors (Lipinski definition) is 3. The van der Waals surface area contributed by atoms with Crippen molar-refractivity contribution in [3.63, 3.8) is 0 Å². The van der Waals surface area contributed by atoms with Crippen molar-refractivity contribution in [2.24, 2.45) is 0 Å². The molecular formula is C9H12ClNO2S. The van der Waals surface area contributed by atoms with E-state index in [1.165, 1.54) is 0 Å². The van der Waals surface area contributed by atoms with E-state index in [0.717, 1.165) is 10.4 Å². The van der Waals surface area contributed by atoms with E-state index in [9.17, 15) is 4.79 Å². The van der Waals surface area contributed by atoms with Gasteiger partial charge in [0, 0.05) is 12.0 Å². The van der Waals surface area contributed by atoms with E-state index in [1.54, 1.807) is 18.4 Å². The molecule has 78 valence electrons. The Bertz CT molecular complexity index is 301. The van der Waals surface area contributed by atoms with Crippen LogP contribution in [-0.2, 0) is 22.7 Å². The number of thiophene rings is 1. The molecule has 0 unspecified atom stereocenters. The van der Waals surface area contributed by atoms with Crippen molar-refractivity contribution in [1.29, 1.82) is 0 Å². The third-order valence-corrected chi connectivity index (χ3v) is 2.83. The fourth-order valence-corrected chi connectivity index (χ4v) is 1.90. The number of alkyl halides is 1. The van der Waals surface area contributed by atoms with Crippen molar-refractivity contribution in [2.45, 2.75) is 13.2 Å². The summed E-state index contributed by atoms with van der Waals surface area (Å²) in [7, 11) is 1.66. The number of amides is 1. The molecule has 14 heavy (non-hydrogen) atoms. The van der Waals surface area contributed by atoms with Gasteiger partial charge < -0.3 is 10.1 Å². The molecule has 0 bridgehead atoms. The fraction of sp³-hybridized carbons (Fsp3) is 0.444. The summed E-state index contributed by atoms with van der Waals surface area (Å²) < 4.78 is 4.99. The number of ether oxygens (including phenoxy) is 1. The van der Waals surface area contributed by atoms with Crippen LogP contribution in [0.2, 0.25) is 0 Å². The van der Waals surface area contributed by atoms with Gasteiger partial charge in [-0.15, -0.1) is 22.9 Å². The van der Waals surface area contributed by atoms with Crippen LogP contribution in [0.1, 0.15) is 10.4 Å². The average Bonchev–Trinajstić information content (AvgIpc) is 2.63. The van der Waals surface area contributed by atoms with Crippen LogP contribution in [0, 0.1) is 0 Å². The molecule has 0 saturated heterocycles. The first kappa shape index (κ1) is 11.5. The minimum Gasteiger partial charge on any atom is -0.380 e. The molecule has 0 saturated carbocycles. The Balaban J connectivity index is 2.39. The van der Waals surface area contributed by atoms with E-state index >= 15 is 0 Å². The SMILES string of the molecule is COCc1csc(CNC(=O)CCl)c1. The fourth-order valence-electron chi connectivity index (χ4n) is 0.994. The molecule has 0 aliphatic rings. The zero-order valence-electron chi connectivity index (χ0n) is 7.88. The molecule has 1 aromatic heterocycles. The summed E-state index contributed by atoms with van der Waals surface area (Å²) >= 11 is 6.95. The molecule has 0 atom stereocenters. The second-order valence-electron chi connectivity index (χ2n) is 2.76. The van der Waals surface area contributed by atoms with Crippen molar-refractivity contribution >= 4 is 28.8 Å². The van der Waals surface area contributed by atoms with E-state index in [0.29, 0.717) is 13.2 Å². The Kier molecular flexibility index (Phi) is 4.93. The van der Waals surface area contributed by atoms with Gasteiger partial charge in [-0.2, -0.15) is 0 Å². The Hall–Kier alpha value is -0.580. The Morgan fingerprint density at radius 3 is 3.14 bits per heavy atom. The van der Waals surface area contributed by atoms with Gasteiger partial charge >= 0.3 is 0 Å². The summed E-state index contributed by atoms with van der Waals surface area (Å²) in [5.41, 5.74) is 1.13. The van der Waals surface area contributed by atoms with Gasteiger partial charge in [0.25, 0.3) is 0 Å². The first-order chi connectivity index (χ1) is 6.76. The van der Waals surface area contributed by atoms with Crippen molar-refractivity contribution in [3.8, 4) is 0 Å². The number of carbonyl (C=O) groups excluding carboxylic acids is 1. The topological polar surface area (TPSA) is 38.3 Å². The summed E-state index contributed by atoms with van der Waals surface area (Å²) in [6, 6.07) is 2.02. The van der Waals surface area contributed by atoms with E-state index < -0.39 is 0 Å². The average molecular weight is 234 g/mol. The van der Waals surface area contributed by atoms with Gasteiger partial charge in [0.15, 0.2) is 0 Å². The monoisotopic (exact) mass is 233 g/mol. The second-order valence-corrected chi connectivity index (χ2v) is 4.03. The van der Waals surface area contributed by atoms with Gasteiger partial charge in [-0.1, -0.05) is 0 Å². The van der Waals surface area contributed by atoms with Crippen molar-refractivity contribution < 1.29 is 9.53 Å². The molecule has 1 aromatic rings. The standard InChI is InChI=1S/C9H12ClNO2S/c1-13-5-7-2-8(14-6-7)4-11-9(12)3-10/h2,6H,3-5H2,1H3,(H,11,12). The zero-order valence-corrected chi connectivity index (χ0v) is 9.45. The van der Waals surface area contributed by atoms with Crippen molar-refractivity contribution in [1.82, 2.24) is 5.32 Å². The zero-order chi connectivity index (χ0) is 10.4. The number of hydrogen-bond donors (Lipinski definition) is 1. The normalized spacial score (nSPS) is 10.1. The molecule has 1 N–H and O–H groups in total. The highest BCUT2D eigenvalue weighted by atomic mass is 35.5. The summed E-state index contributed by atoms with van der Waals surface area (Å²) in [5.74, 6) is -0.135. The third-order valence-electron chi connectivity index (χ3n) is 1.60. The molecule has 0 fully saturated rings. The number of halogens is 1. The lowest BCUT2D eigenvalue weighted by molar-refractivity contribution is -0.118. The molecule has 0 aliphatic heterocycles. The van der Waals surface area contributed by atoms with Gasteiger partial charge in [0.05, 0.1) is 13.2 Å². The number of carbonyl (C=O) groups is 1. The van der Waals surface area contributed by atoms with Gasteiger partial charge in [0.1, 0.15) is 5.88 Å². The third kappa shape index (κ3) is 3.65. The number of methoxy groups -OCH3 is 1. The molecule has 0 spiro atoms. The Morgan fingerprint density at radius 1 is 1.71 bits per heavy atom. The highest BCUT2D eigenvalue weighted by Crippen LogP contribution is 2.14. The van der Waals surface area contributed by atoms with Gasteiger partial charge in [0.2, 0.25) is 5.91 Å². The van der Waals surface area contributed by atoms with Gasteiger partial charge in [-0.3, -0.25) is 4.79 Å². The number of nitrogens with one attached hydrogen (secondary N) is 1. The molecule has 0 aromatic carbocycles. The first-order valence-corrected chi connectivity index (χ1v) is 5.55. The van der Waals surface area contributed by atoms with E-state index in [1.807, 2.05) is 11.4 Å². The van der Waals surface area contributed by atoms with Crippen LogP contribution in [0.15, 0.2) is 11.4 Å².